The van der Waals surface area contributed by atoms with E-state index in [2.05, 4.69) is 5.32 Å². The summed E-state index contributed by atoms with van der Waals surface area (Å²) in [6.07, 6.45) is 0. The molecule has 0 aliphatic carbocycles. The zero-order valence-electron chi connectivity index (χ0n) is 8.76. The fourth-order valence-electron chi connectivity index (χ4n) is 1.14. The zero-order chi connectivity index (χ0) is 11.4. The van der Waals surface area contributed by atoms with Gasteiger partial charge in [-0.25, -0.2) is 0 Å². The van der Waals surface area contributed by atoms with Crippen molar-refractivity contribution < 1.29 is 14.3 Å². The third-order valence-corrected chi connectivity index (χ3v) is 2.14. The topological polar surface area (TPSA) is 47.6 Å². The standard InChI is InChI=1S/C10H12ClNO3/c1-6(13)12-7-4-8(14-2)10(11)9(5-7)15-3/h4-5H,1-3H3,(H,12,13). The number of carbonyl (C=O) groups excluding carboxylic acids is 1. The minimum absolute atomic E-state index is 0.165. The summed E-state index contributed by atoms with van der Waals surface area (Å²) in [7, 11) is 3.00. The normalized spacial score (nSPS) is 9.60. The summed E-state index contributed by atoms with van der Waals surface area (Å²) < 4.78 is 10.1. The molecule has 0 saturated carbocycles. The number of methoxy groups -OCH3 is 2. The first-order chi connectivity index (χ1) is 7.08. The highest BCUT2D eigenvalue weighted by atomic mass is 35.5. The minimum Gasteiger partial charge on any atom is -0.495 e. The van der Waals surface area contributed by atoms with Gasteiger partial charge < -0.3 is 14.8 Å². The van der Waals surface area contributed by atoms with Crippen molar-refractivity contribution in [2.24, 2.45) is 0 Å². The van der Waals surface area contributed by atoms with Crippen LogP contribution in [0.1, 0.15) is 6.92 Å². The number of nitrogens with one attached hydrogen (secondary N) is 1. The predicted octanol–water partition coefficient (Wildman–Crippen LogP) is 2.32. The van der Waals surface area contributed by atoms with Crippen LogP contribution in [0, 0.1) is 0 Å². The summed E-state index contributed by atoms with van der Waals surface area (Å²) in [5.74, 6) is 0.751. The highest BCUT2D eigenvalue weighted by Crippen LogP contribution is 2.36. The Morgan fingerprint density at radius 3 is 2.07 bits per heavy atom. The molecule has 0 saturated heterocycles. The number of hydrogen-bond donors (Lipinski definition) is 1. The quantitative estimate of drug-likeness (QED) is 0.865. The van der Waals surface area contributed by atoms with E-state index < -0.39 is 0 Å². The average Bonchev–Trinajstić information content (AvgIpc) is 2.19. The SMILES string of the molecule is COc1cc(NC(C)=O)cc(OC)c1Cl. The van der Waals surface area contributed by atoms with Crippen molar-refractivity contribution in [3.8, 4) is 11.5 Å². The molecule has 0 radical (unpaired) electrons. The molecule has 5 heteroatoms. The lowest BCUT2D eigenvalue weighted by Gasteiger charge is -2.11. The molecule has 82 valence electrons. The molecular formula is C10H12ClNO3. The fourth-order valence-corrected chi connectivity index (χ4v) is 1.41. The van der Waals surface area contributed by atoms with Gasteiger partial charge in [-0.05, 0) is 0 Å². The van der Waals surface area contributed by atoms with Crippen molar-refractivity contribution in [3.05, 3.63) is 17.2 Å². The number of rotatable bonds is 3. The van der Waals surface area contributed by atoms with Gasteiger partial charge in [-0.2, -0.15) is 0 Å². The lowest BCUT2D eigenvalue weighted by molar-refractivity contribution is -0.114. The Morgan fingerprint density at radius 1 is 1.27 bits per heavy atom. The number of halogens is 1. The van der Waals surface area contributed by atoms with Crippen molar-refractivity contribution in [1.29, 1.82) is 0 Å². The Morgan fingerprint density at radius 2 is 1.73 bits per heavy atom. The highest BCUT2D eigenvalue weighted by Gasteiger charge is 2.10. The van der Waals surface area contributed by atoms with Crippen LogP contribution in [0.25, 0.3) is 0 Å². The van der Waals surface area contributed by atoms with Crippen molar-refractivity contribution in [2.45, 2.75) is 6.92 Å². The second-order valence-corrected chi connectivity index (χ2v) is 3.25. The van der Waals surface area contributed by atoms with Crippen LogP contribution >= 0.6 is 11.6 Å². The van der Waals surface area contributed by atoms with Crippen LogP contribution < -0.4 is 14.8 Å². The van der Waals surface area contributed by atoms with Gasteiger partial charge in [0.25, 0.3) is 0 Å². The number of amides is 1. The molecule has 0 bridgehead atoms. The number of carbonyl (C=O) groups is 1. The molecule has 0 aliphatic heterocycles. The Balaban J connectivity index is 3.14. The summed E-state index contributed by atoms with van der Waals surface area (Å²) in [6, 6.07) is 3.26. The lowest BCUT2D eigenvalue weighted by atomic mass is 10.2. The molecule has 0 aromatic heterocycles. The Labute approximate surface area is 93.1 Å². The molecule has 4 nitrogen and oxygen atoms in total. The van der Waals surface area contributed by atoms with Crippen molar-refractivity contribution in [3.63, 3.8) is 0 Å². The van der Waals surface area contributed by atoms with Crippen LogP contribution in [0.5, 0.6) is 11.5 Å². The van der Waals surface area contributed by atoms with Crippen molar-refractivity contribution >= 4 is 23.2 Å². The fraction of sp³-hybridized carbons (Fsp3) is 0.300. The molecule has 1 amide bonds. The molecule has 1 N–H and O–H groups in total. The molecule has 1 aromatic rings. The molecule has 0 spiro atoms. The van der Waals surface area contributed by atoms with Crippen LogP contribution in [-0.4, -0.2) is 20.1 Å². The van der Waals surface area contributed by atoms with Gasteiger partial charge >= 0.3 is 0 Å². The maximum atomic E-state index is 10.9. The zero-order valence-corrected chi connectivity index (χ0v) is 9.51. The molecule has 0 heterocycles. The van der Waals surface area contributed by atoms with Crippen molar-refractivity contribution in [2.75, 3.05) is 19.5 Å². The van der Waals surface area contributed by atoms with E-state index in [0.717, 1.165) is 0 Å². The Kier molecular flexibility index (Phi) is 3.80. The molecule has 1 aromatic carbocycles. The van der Waals surface area contributed by atoms with Gasteiger partial charge in [0.1, 0.15) is 16.5 Å². The molecule has 15 heavy (non-hydrogen) atoms. The smallest absolute Gasteiger partial charge is 0.221 e. The van der Waals surface area contributed by atoms with E-state index in [1.807, 2.05) is 0 Å². The second-order valence-electron chi connectivity index (χ2n) is 2.88. The molecule has 0 fully saturated rings. The number of anilines is 1. The van der Waals surface area contributed by atoms with E-state index >= 15 is 0 Å². The van der Waals surface area contributed by atoms with Gasteiger partial charge in [-0.3, -0.25) is 4.79 Å². The molecule has 0 atom stereocenters. The Bertz CT molecular complexity index is 354. The third-order valence-electron chi connectivity index (χ3n) is 1.77. The molecule has 0 aliphatic rings. The minimum atomic E-state index is -0.165. The highest BCUT2D eigenvalue weighted by molar-refractivity contribution is 6.33. The maximum absolute atomic E-state index is 10.9. The lowest BCUT2D eigenvalue weighted by Crippen LogP contribution is -2.06. The van der Waals surface area contributed by atoms with Gasteiger partial charge in [0, 0.05) is 24.7 Å². The maximum Gasteiger partial charge on any atom is 0.221 e. The van der Waals surface area contributed by atoms with E-state index in [1.165, 1.54) is 21.1 Å². The monoisotopic (exact) mass is 229 g/mol. The molecule has 1 rings (SSSR count). The first-order valence-electron chi connectivity index (χ1n) is 4.27. The average molecular weight is 230 g/mol. The van der Waals surface area contributed by atoms with E-state index in [4.69, 9.17) is 21.1 Å². The first-order valence-corrected chi connectivity index (χ1v) is 4.65. The van der Waals surface area contributed by atoms with Crippen LogP contribution in [0.15, 0.2) is 12.1 Å². The van der Waals surface area contributed by atoms with Gasteiger partial charge in [0.15, 0.2) is 0 Å². The predicted molar refractivity (Wildman–Crippen MR) is 58.9 cm³/mol. The van der Waals surface area contributed by atoms with Crippen LogP contribution in [0.3, 0.4) is 0 Å². The third kappa shape index (κ3) is 2.76. The summed E-state index contributed by atoms with van der Waals surface area (Å²) in [4.78, 5) is 10.9. The largest absolute Gasteiger partial charge is 0.495 e. The second kappa shape index (κ2) is 4.89. The van der Waals surface area contributed by atoms with E-state index in [1.54, 1.807) is 12.1 Å². The van der Waals surface area contributed by atoms with Crippen LogP contribution in [0.2, 0.25) is 5.02 Å². The molecule has 0 unspecified atom stereocenters. The van der Waals surface area contributed by atoms with E-state index in [9.17, 15) is 4.79 Å². The Hall–Kier alpha value is -1.42. The number of benzene rings is 1. The van der Waals surface area contributed by atoms with E-state index in [0.29, 0.717) is 22.2 Å². The van der Waals surface area contributed by atoms with Gasteiger partial charge in [-0.1, -0.05) is 11.6 Å². The van der Waals surface area contributed by atoms with Gasteiger partial charge in [-0.15, -0.1) is 0 Å². The number of ether oxygens (including phenoxy) is 2. The summed E-state index contributed by atoms with van der Waals surface area (Å²) >= 11 is 5.95. The first kappa shape index (κ1) is 11.7. The summed E-state index contributed by atoms with van der Waals surface area (Å²) in [6.45, 7) is 1.42. The van der Waals surface area contributed by atoms with Gasteiger partial charge in [0.05, 0.1) is 14.2 Å². The summed E-state index contributed by atoms with van der Waals surface area (Å²) in [5, 5.41) is 3.01. The van der Waals surface area contributed by atoms with Crippen LogP contribution in [0.4, 0.5) is 5.69 Å². The van der Waals surface area contributed by atoms with Crippen molar-refractivity contribution in [1.82, 2.24) is 0 Å². The van der Waals surface area contributed by atoms with Gasteiger partial charge in [0.2, 0.25) is 5.91 Å². The molecular weight excluding hydrogens is 218 g/mol. The summed E-state index contributed by atoms with van der Waals surface area (Å²) in [5.41, 5.74) is 0.584. The van der Waals surface area contributed by atoms with E-state index in [-0.39, 0.29) is 5.91 Å². The number of hydrogen-bond acceptors (Lipinski definition) is 3. The van der Waals surface area contributed by atoms with Crippen LogP contribution in [-0.2, 0) is 4.79 Å².